The Morgan fingerprint density at radius 2 is 2.31 bits per heavy atom. The Morgan fingerprint density at radius 3 is 3.00 bits per heavy atom. The van der Waals surface area contributed by atoms with Gasteiger partial charge in [-0.25, -0.2) is 4.79 Å². The zero-order chi connectivity index (χ0) is 11.7. The number of aromatic nitrogens is 1. The van der Waals surface area contributed by atoms with Crippen LogP contribution in [0, 0.1) is 0 Å². The minimum atomic E-state index is -0.449. The molecule has 3 N–H and O–H groups in total. The maximum atomic E-state index is 11.2. The van der Waals surface area contributed by atoms with E-state index in [2.05, 4.69) is 5.32 Å². The van der Waals surface area contributed by atoms with Gasteiger partial charge in [0.05, 0.1) is 12.1 Å². The van der Waals surface area contributed by atoms with Crippen molar-refractivity contribution < 1.29 is 9.21 Å². The number of amides is 1. The molecule has 0 atom stereocenters. The summed E-state index contributed by atoms with van der Waals surface area (Å²) in [4.78, 5) is 21.8. The lowest BCUT2D eigenvalue weighted by atomic mass is 10.3. The van der Waals surface area contributed by atoms with Crippen LogP contribution >= 0.6 is 0 Å². The van der Waals surface area contributed by atoms with Gasteiger partial charge in [-0.05, 0) is 12.1 Å². The Kier molecular flexibility index (Phi) is 2.40. The summed E-state index contributed by atoms with van der Waals surface area (Å²) in [5.41, 5.74) is 6.86. The predicted octanol–water partition coefficient (Wildman–Crippen LogP) is 0.0287. The Hall–Kier alpha value is -2.24. The molecule has 0 aliphatic heterocycles. The van der Waals surface area contributed by atoms with E-state index in [0.717, 1.165) is 0 Å². The van der Waals surface area contributed by atoms with Gasteiger partial charge in [0.2, 0.25) is 5.91 Å². The summed E-state index contributed by atoms with van der Waals surface area (Å²) < 4.78 is 6.41. The molecule has 1 amide bonds. The van der Waals surface area contributed by atoms with Crippen molar-refractivity contribution in [2.45, 2.75) is 0 Å². The first-order chi connectivity index (χ1) is 7.58. The van der Waals surface area contributed by atoms with Gasteiger partial charge in [0.15, 0.2) is 5.58 Å². The van der Waals surface area contributed by atoms with Crippen LogP contribution < -0.4 is 16.8 Å². The van der Waals surface area contributed by atoms with Crippen molar-refractivity contribution in [3.8, 4) is 0 Å². The molecule has 1 heterocycles. The van der Waals surface area contributed by atoms with Gasteiger partial charge in [-0.3, -0.25) is 9.36 Å². The maximum absolute atomic E-state index is 11.2. The Bertz CT molecular complexity index is 597. The van der Waals surface area contributed by atoms with Gasteiger partial charge in [0.25, 0.3) is 0 Å². The monoisotopic (exact) mass is 221 g/mol. The van der Waals surface area contributed by atoms with Gasteiger partial charge in [-0.2, -0.15) is 0 Å². The molecule has 6 heteroatoms. The number of anilines is 1. The van der Waals surface area contributed by atoms with Crippen LogP contribution in [-0.4, -0.2) is 17.0 Å². The van der Waals surface area contributed by atoms with Crippen LogP contribution in [0.1, 0.15) is 0 Å². The van der Waals surface area contributed by atoms with Crippen molar-refractivity contribution in [2.24, 2.45) is 12.8 Å². The molecule has 84 valence electrons. The number of carbonyl (C=O) groups excluding carboxylic acids is 1. The molecule has 0 bridgehead atoms. The second kappa shape index (κ2) is 3.73. The molecule has 2 aromatic rings. The fourth-order valence-electron chi connectivity index (χ4n) is 1.43. The number of nitrogens with zero attached hydrogens (tertiary/aromatic N) is 1. The van der Waals surface area contributed by atoms with Crippen molar-refractivity contribution in [1.29, 1.82) is 0 Å². The number of hydrogen-bond acceptors (Lipinski definition) is 4. The van der Waals surface area contributed by atoms with Gasteiger partial charge in [0, 0.05) is 18.8 Å². The maximum Gasteiger partial charge on any atom is 0.419 e. The van der Waals surface area contributed by atoms with Crippen molar-refractivity contribution >= 4 is 22.7 Å². The first kappa shape index (κ1) is 10.3. The highest BCUT2D eigenvalue weighted by Crippen LogP contribution is 2.17. The van der Waals surface area contributed by atoms with Crippen LogP contribution in [0.5, 0.6) is 0 Å². The van der Waals surface area contributed by atoms with Crippen LogP contribution in [0.2, 0.25) is 0 Å². The average Bonchev–Trinajstić information content (AvgIpc) is 2.52. The van der Waals surface area contributed by atoms with Gasteiger partial charge >= 0.3 is 5.76 Å². The van der Waals surface area contributed by atoms with E-state index in [-0.39, 0.29) is 6.54 Å². The third-order valence-corrected chi connectivity index (χ3v) is 2.26. The number of carbonyl (C=O) groups is 1. The SMILES string of the molecule is Cn1c(=O)oc2cc(NCC(N)=O)ccc21. The normalized spacial score (nSPS) is 10.6. The zero-order valence-corrected chi connectivity index (χ0v) is 8.69. The lowest BCUT2D eigenvalue weighted by Crippen LogP contribution is -2.21. The van der Waals surface area contributed by atoms with Crippen molar-refractivity contribution in [2.75, 3.05) is 11.9 Å². The third kappa shape index (κ3) is 1.77. The third-order valence-electron chi connectivity index (χ3n) is 2.26. The highest BCUT2D eigenvalue weighted by Gasteiger charge is 2.06. The van der Waals surface area contributed by atoms with Crippen LogP contribution in [0.25, 0.3) is 11.1 Å². The molecule has 16 heavy (non-hydrogen) atoms. The van der Waals surface area contributed by atoms with E-state index in [1.54, 1.807) is 25.2 Å². The van der Waals surface area contributed by atoms with Gasteiger partial charge in [-0.15, -0.1) is 0 Å². The van der Waals surface area contributed by atoms with Gasteiger partial charge in [0.1, 0.15) is 0 Å². The smallest absolute Gasteiger partial charge is 0.408 e. The molecular formula is C10H11N3O3. The minimum absolute atomic E-state index is 0.0442. The van der Waals surface area contributed by atoms with Crippen LogP contribution in [-0.2, 0) is 11.8 Å². The molecule has 0 radical (unpaired) electrons. The summed E-state index contributed by atoms with van der Waals surface area (Å²) in [7, 11) is 1.63. The number of benzene rings is 1. The first-order valence-electron chi connectivity index (χ1n) is 4.69. The van der Waals surface area contributed by atoms with Crippen molar-refractivity contribution in [3.63, 3.8) is 0 Å². The second-order valence-electron chi connectivity index (χ2n) is 3.43. The van der Waals surface area contributed by atoms with E-state index in [9.17, 15) is 9.59 Å². The van der Waals surface area contributed by atoms with Crippen LogP contribution in [0.3, 0.4) is 0 Å². The largest absolute Gasteiger partial charge is 0.419 e. The highest BCUT2D eigenvalue weighted by atomic mass is 16.4. The van der Waals surface area contributed by atoms with E-state index in [1.807, 2.05) is 0 Å². The van der Waals surface area contributed by atoms with E-state index in [0.29, 0.717) is 16.8 Å². The molecule has 0 saturated carbocycles. The number of nitrogens with two attached hydrogens (primary N) is 1. The molecule has 0 spiro atoms. The van der Waals surface area contributed by atoms with Crippen molar-refractivity contribution in [1.82, 2.24) is 4.57 Å². The molecular weight excluding hydrogens is 210 g/mol. The van der Waals surface area contributed by atoms with Gasteiger partial charge < -0.3 is 15.5 Å². The fourth-order valence-corrected chi connectivity index (χ4v) is 1.43. The molecule has 0 aliphatic rings. The molecule has 0 unspecified atom stereocenters. The molecule has 0 aliphatic carbocycles. The molecule has 6 nitrogen and oxygen atoms in total. The number of nitrogens with one attached hydrogen (secondary N) is 1. The Labute approximate surface area is 90.6 Å². The fraction of sp³-hybridized carbons (Fsp3) is 0.200. The molecule has 1 aromatic carbocycles. The number of rotatable bonds is 3. The van der Waals surface area contributed by atoms with Crippen LogP contribution in [0.15, 0.2) is 27.4 Å². The van der Waals surface area contributed by atoms with Crippen molar-refractivity contribution in [3.05, 3.63) is 28.7 Å². The number of fused-ring (bicyclic) bond motifs is 1. The summed E-state index contributed by atoms with van der Waals surface area (Å²) in [5, 5.41) is 2.82. The number of hydrogen-bond donors (Lipinski definition) is 2. The molecule has 1 aromatic heterocycles. The van der Waals surface area contributed by atoms with E-state index < -0.39 is 11.7 Å². The number of primary amides is 1. The van der Waals surface area contributed by atoms with Crippen LogP contribution in [0.4, 0.5) is 5.69 Å². The standard InChI is InChI=1S/C10H11N3O3/c1-13-7-3-2-6(12-5-9(11)14)4-8(7)16-10(13)15/h2-4,12H,5H2,1H3,(H2,11,14). The topological polar surface area (TPSA) is 90.3 Å². The van der Waals surface area contributed by atoms with E-state index in [1.165, 1.54) is 4.57 Å². The summed E-state index contributed by atoms with van der Waals surface area (Å²) in [5.74, 6) is -0.864. The highest BCUT2D eigenvalue weighted by molar-refractivity contribution is 5.81. The number of oxazole rings is 1. The summed E-state index contributed by atoms with van der Waals surface area (Å²) >= 11 is 0. The van der Waals surface area contributed by atoms with E-state index >= 15 is 0 Å². The summed E-state index contributed by atoms with van der Waals surface area (Å²) in [6, 6.07) is 5.14. The average molecular weight is 221 g/mol. The Morgan fingerprint density at radius 1 is 1.56 bits per heavy atom. The lowest BCUT2D eigenvalue weighted by Gasteiger charge is -2.02. The summed E-state index contributed by atoms with van der Waals surface area (Å²) in [6.07, 6.45) is 0. The van der Waals surface area contributed by atoms with E-state index in [4.69, 9.17) is 10.2 Å². The lowest BCUT2D eigenvalue weighted by molar-refractivity contribution is -0.116. The quantitative estimate of drug-likeness (QED) is 0.765. The molecule has 2 rings (SSSR count). The molecule has 0 saturated heterocycles. The Balaban J connectivity index is 2.37. The first-order valence-corrected chi connectivity index (χ1v) is 4.69. The second-order valence-corrected chi connectivity index (χ2v) is 3.43. The zero-order valence-electron chi connectivity index (χ0n) is 8.69. The summed E-state index contributed by atoms with van der Waals surface area (Å²) in [6.45, 7) is 0.0442. The predicted molar refractivity (Wildman–Crippen MR) is 59.1 cm³/mol. The number of aryl methyl sites for hydroxylation is 1. The minimum Gasteiger partial charge on any atom is -0.408 e. The molecule has 0 fully saturated rings. The van der Waals surface area contributed by atoms with Gasteiger partial charge in [-0.1, -0.05) is 0 Å².